The van der Waals surface area contributed by atoms with Crippen molar-refractivity contribution >= 4 is 27.0 Å². The van der Waals surface area contributed by atoms with Gasteiger partial charge in [0.15, 0.2) is 5.82 Å². The number of nitrogens with zero attached hydrogens (tertiary/aromatic N) is 4. The SMILES string of the molecule is CS(=O)(=O)N1CCC(c2noc(CCNC(=O)CCc3nc4ccccc4[nH]3)n2)CC1. The zero-order chi connectivity index (χ0) is 21.8. The summed E-state index contributed by atoms with van der Waals surface area (Å²) in [4.78, 5) is 24.2. The lowest BCUT2D eigenvalue weighted by Gasteiger charge is -2.28. The van der Waals surface area contributed by atoms with Crippen LogP contribution in [0.2, 0.25) is 0 Å². The first-order valence-electron chi connectivity index (χ1n) is 10.4. The monoisotopic (exact) mass is 446 g/mol. The van der Waals surface area contributed by atoms with Crippen LogP contribution >= 0.6 is 0 Å². The minimum atomic E-state index is -3.15. The number of aryl methyl sites for hydroxylation is 1. The van der Waals surface area contributed by atoms with Gasteiger partial charge in [-0.2, -0.15) is 4.98 Å². The molecule has 0 radical (unpaired) electrons. The molecule has 1 saturated heterocycles. The Kier molecular flexibility index (Phi) is 6.33. The molecule has 1 aromatic carbocycles. The second-order valence-electron chi connectivity index (χ2n) is 7.78. The molecule has 0 unspecified atom stereocenters. The lowest BCUT2D eigenvalue weighted by molar-refractivity contribution is -0.121. The highest BCUT2D eigenvalue weighted by Gasteiger charge is 2.28. The third-order valence-electron chi connectivity index (χ3n) is 5.46. The van der Waals surface area contributed by atoms with Crippen molar-refractivity contribution in [1.82, 2.24) is 29.7 Å². The summed E-state index contributed by atoms with van der Waals surface area (Å²) in [7, 11) is -3.15. The number of rotatable bonds is 8. The topological polar surface area (TPSA) is 134 Å². The second kappa shape index (κ2) is 9.15. The Morgan fingerprint density at radius 3 is 2.74 bits per heavy atom. The van der Waals surface area contributed by atoms with Gasteiger partial charge in [0.2, 0.25) is 21.8 Å². The first-order valence-corrected chi connectivity index (χ1v) is 12.2. The third-order valence-corrected chi connectivity index (χ3v) is 6.76. The molecule has 166 valence electrons. The summed E-state index contributed by atoms with van der Waals surface area (Å²) in [5.74, 6) is 1.90. The molecular weight excluding hydrogens is 420 g/mol. The van der Waals surface area contributed by atoms with Crippen LogP contribution in [0.4, 0.5) is 0 Å². The van der Waals surface area contributed by atoms with Crippen LogP contribution in [0, 0.1) is 0 Å². The molecule has 11 heteroatoms. The van der Waals surface area contributed by atoms with Crippen molar-refractivity contribution in [2.24, 2.45) is 0 Å². The summed E-state index contributed by atoms with van der Waals surface area (Å²) in [6.07, 6.45) is 3.90. The van der Waals surface area contributed by atoms with E-state index in [1.165, 1.54) is 10.6 Å². The highest BCUT2D eigenvalue weighted by Crippen LogP contribution is 2.27. The number of carbonyl (C=O) groups is 1. The summed E-state index contributed by atoms with van der Waals surface area (Å²) in [5, 5.41) is 6.91. The van der Waals surface area contributed by atoms with Gasteiger partial charge in [-0.15, -0.1) is 0 Å². The van der Waals surface area contributed by atoms with E-state index >= 15 is 0 Å². The zero-order valence-electron chi connectivity index (χ0n) is 17.4. The van der Waals surface area contributed by atoms with Crippen LogP contribution in [0.1, 0.15) is 42.7 Å². The van der Waals surface area contributed by atoms with Gasteiger partial charge in [0.05, 0.1) is 17.3 Å². The highest BCUT2D eigenvalue weighted by atomic mass is 32.2. The Balaban J connectivity index is 1.19. The van der Waals surface area contributed by atoms with E-state index in [4.69, 9.17) is 4.52 Å². The molecule has 10 nitrogen and oxygen atoms in total. The van der Waals surface area contributed by atoms with Crippen molar-refractivity contribution < 1.29 is 17.7 Å². The zero-order valence-corrected chi connectivity index (χ0v) is 18.2. The van der Waals surface area contributed by atoms with E-state index in [0.29, 0.717) is 63.5 Å². The van der Waals surface area contributed by atoms with Gasteiger partial charge in [0.1, 0.15) is 5.82 Å². The average molecular weight is 447 g/mol. The highest BCUT2D eigenvalue weighted by molar-refractivity contribution is 7.88. The molecule has 3 aromatic rings. The number of H-pyrrole nitrogens is 1. The quantitative estimate of drug-likeness (QED) is 0.534. The number of carbonyl (C=O) groups excluding carboxylic acids is 1. The number of para-hydroxylation sites is 2. The number of hydrogen-bond donors (Lipinski definition) is 2. The summed E-state index contributed by atoms with van der Waals surface area (Å²) in [6, 6.07) is 7.77. The molecule has 1 fully saturated rings. The predicted molar refractivity (Wildman–Crippen MR) is 114 cm³/mol. The predicted octanol–water partition coefficient (Wildman–Crippen LogP) is 1.38. The molecule has 0 saturated carbocycles. The van der Waals surface area contributed by atoms with Crippen molar-refractivity contribution in [1.29, 1.82) is 0 Å². The number of imidazole rings is 1. The number of piperidine rings is 1. The lowest BCUT2D eigenvalue weighted by Crippen LogP contribution is -2.37. The van der Waals surface area contributed by atoms with E-state index in [2.05, 4.69) is 25.4 Å². The van der Waals surface area contributed by atoms with Crippen molar-refractivity contribution in [2.45, 2.75) is 38.0 Å². The number of fused-ring (bicyclic) bond motifs is 1. The van der Waals surface area contributed by atoms with E-state index in [-0.39, 0.29) is 11.8 Å². The number of benzene rings is 1. The Labute approximate surface area is 180 Å². The molecule has 0 atom stereocenters. The average Bonchev–Trinajstić information content (AvgIpc) is 3.38. The maximum atomic E-state index is 12.1. The van der Waals surface area contributed by atoms with Gasteiger partial charge in [-0.05, 0) is 25.0 Å². The van der Waals surface area contributed by atoms with Gasteiger partial charge in [0, 0.05) is 44.8 Å². The molecule has 4 rings (SSSR count). The molecule has 0 bridgehead atoms. The minimum absolute atomic E-state index is 0.0617. The summed E-state index contributed by atoms with van der Waals surface area (Å²) >= 11 is 0. The van der Waals surface area contributed by atoms with E-state index in [1.807, 2.05) is 24.3 Å². The second-order valence-corrected chi connectivity index (χ2v) is 9.77. The van der Waals surface area contributed by atoms with Gasteiger partial charge in [0.25, 0.3) is 0 Å². The van der Waals surface area contributed by atoms with Crippen LogP contribution in [-0.2, 0) is 27.7 Å². The van der Waals surface area contributed by atoms with Gasteiger partial charge in [-0.25, -0.2) is 17.7 Å². The number of nitrogens with one attached hydrogen (secondary N) is 2. The molecule has 1 amide bonds. The fourth-order valence-corrected chi connectivity index (χ4v) is 4.61. The van der Waals surface area contributed by atoms with Gasteiger partial charge in [-0.1, -0.05) is 17.3 Å². The van der Waals surface area contributed by atoms with Crippen LogP contribution in [0.15, 0.2) is 28.8 Å². The smallest absolute Gasteiger partial charge is 0.228 e. The van der Waals surface area contributed by atoms with Crippen molar-refractivity contribution in [3.63, 3.8) is 0 Å². The molecule has 0 aliphatic carbocycles. The number of aromatic amines is 1. The van der Waals surface area contributed by atoms with Crippen LogP contribution in [0.25, 0.3) is 11.0 Å². The third kappa shape index (κ3) is 5.47. The molecule has 31 heavy (non-hydrogen) atoms. The number of amides is 1. The van der Waals surface area contributed by atoms with Gasteiger partial charge >= 0.3 is 0 Å². The van der Waals surface area contributed by atoms with Gasteiger partial charge < -0.3 is 14.8 Å². The molecule has 2 N–H and O–H groups in total. The van der Waals surface area contributed by atoms with E-state index in [9.17, 15) is 13.2 Å². The van der Waals surface area contributed by atoms with Crippen molar-refractivity contribution in [2.75, 3.05) is 25.9 Å². The fourth-order valence-electron chi connectivity index (χ4n) is 3.73. The first-order chi connectivity index (χ1) is 14.9. The van der Waals surface area contributed by atoms with Crippen LogP contribution in [0.3, 0.4) is 0 Å². The lowest BCUT2D eigenvalue weighted by atomic mass is 9.97. The number of aromatic nitrogens is 4. The molecule has 2 aromatic heterocycles. The van der Waals surface area contributed by atoms with Crippen LogP contribution < -0.4 is 5.32 Å². The minimum Gasteiger partial charge on any atom is -0.356 e. The van der Waals surface area contributed by atoms with E-state index < -0.39 is 10.0 Å². The molecule has 1 aliphatic heterocycles. The Hall–Kier alpha value is -2.79. The Morgan fingerprint density at radius 1 is 1.23 bits per heavy atom. The van der Waals surface area contributed by atoms with Gasteiger partial charge in [-0.3, -0.25) is 4.79 Å². The van der Waals surface area contributed by atoms with Crippen LogP contribution in [0.5, 0.6) is 0 Å². The fraction of sp³-hybridized carbons (Fsp3) is 0.500. The maximum Gasteiger partial charge on any atom is 0.228 e. The Bertz CT molecular complexity index is 1110. The van der Waals surface area contributed by atoms with E-state index in [1.54, 1.807) is 0 Å². The van der Waals surface area contributed by atoms with E-state index in [0.717, 1.165) is 16.9 Å². The Morgan fingerprint density at radius 2 is 2.00 bits per heavy atom. The summed E-state index contributed by atoms with van der Waals surface area (Å²) in [6.45, 7) is 1.34. The standard InChI is InChI=1S/C20H26N6O4S/c1-31(28,29)26-12-9-14(10-13-26)20-24-19(30-25-20)8-11-21-18(27)7-6-17-22-15-4-2-3-5-16(15)23-17/h2-5,14H,6-13H2,1H3,(H,21,27)(H,22,23). The van der Waals surface area contributed by atoms with Crippen molar-refractivity contribution in [3.05, 3.63) is 41.8 Å². The maximum absolute atomic E-state index is 12.1. The van der Waals surface area contributed by atoms with Crippen LogP contribution in [-0.4, -0.2) is 64.6 Å². The first kappa shape index (κ1) is 21.4. The largest absolute Gasteiger partial charge is 0.356 e. The summed E-state index contributed by atoms with van der Waals surface area (Å²) in [5.41, 5.74) is 1.86. The van der Waals surface area contributed by atoms with Crippen molar-refractivity contribution in [3.8, 4) is 0 Å². The molecule has 1 aliphatic rings. The number of sulfonamides is 1. The molecular formula is C20H26N6O4S. The molecule has 3 heterocycles. The molecule has 0 spiro atoms. The number of hydrogen-bond acceptors (Lipinski definition) is 7. The normalized spacial score (nSPS) is 16.0. The summed E-state index contributed by atoms with van der Waals surface area (Å²) < 4.78 is 30.0.